The number of benzene rings is 1. The maximum Gasteiger partial charge on any atom is 0.160 e. The fourth-order valence-corrected chi connectivity index (χ4v) is 2.30. The minimum atomic E-state index is -0.0408. The van der Waals surface area contributed by atoms with E-state index in [9.17, 15) is 4.79 Å². The standard InChI is InChI=1S/C14H17BrN2O2/c1-17(10-12(18)5-7-16)8-6-11-3-4-14(19-2)13(15)9-11/h3-4,9H,5-6,8,10H2,1-2H3. The summed E-state index contributed by atoms with van der Waals surface area (Å²) in [6.45, 7) is 1.10. The van der Waals surface area contributed by atoms with Crippen molar-refractivity contribution in [3.63, 3.8) is 0 Å². The molecule has 0 heterocycles. The Morgan fingerprint density at radius 3 is 2.84 bits per heavy atom. The molecule has 0 unspecified atom stereocenters. The van der Waals surface area contributed by atoms with Crippen LogP contribution in [0.4, 0.5) is 0 Å². The maximum atomic E-state index is 11.3. The maximum absolute atomic E-state index is 11.3. The van der Waals surface area contributed by atoms with Crippen molar-refractivity contribution < 1.29 is 9.53 Å². The van der Waals surface area contributed by atoms with Gasteiger partial charge in [0.2, 0.25) is 0 Å². The van der Waals surface area contributed by atoms with Gasteiger partial charge in [-0.15, -0.1) is 0 Å². The lowest BCUT2D eigenvalue weighted by atomic mass is 10.1. The van der Waals surface area contributed by atoms with Crippen molar-refractivity contribution >= 4 is 21.7 Å². The summed E-state index contributed by atoms with van der Waals surface area (Å²) in [7, 11) is 3.52. The number of hydrogen-bond acceptors (Lipinski definition) is 4. The number of nitrogens with zero attached hydrogens (tertiary/aromatic N) is 2. The molecule has 0 atom stereocenters. The molecule has 0 saturated carbocycles. The number of carbonyl (C=O) groups is 1. The molecule has 0 saturated heterocycles. The summed E-state index contributed by atoms with van der Waals surface area (Å²) >= 11 is 3.45. The lowest BCUT2D eigenvalue weighted by Crippen LogP contribution is -2.27. The molecule has 0 aliphatic carbocycles. The molecule has 102 valence electrons. The van der Waals surface area contributed by atoms with Crippen molar-refractivity contribution in [1.29, 1.82) is 5.26 Å². The van der Waals surface area contributed by atoms with Crippen LogP contribution in [0.1, 0.15) is 12.0 Å². The van der Waals surface area contributed by atoms with Gasteiger partial charge in [-0.2, -0.15) is 5.26 Å². The van der Waals surface area contributed by atoms with E-state index in [2.05, 4.69) is 15.9 Å². The number of methoxy groups -OCH3 is 1. The van der Waals surface area contributed by atoms with E-state index in [0.717, 1.165) is 23.2 Å². The molecular weight excluding hydrogens is 308 g/mol. The van der Waals surface area contributed by atoms with Crippen molar-refractivity contribution in [1.82, 2.24) is 4.90 Å². The molecule has 1 rings (SSSR count). The number of halogens is 1. The highest BCUT2D eigenvalue weighted by molar-refractivity contribution is 9.10. The molecule has 0 bridgehead atoms. The van der Waals surface area contributed by atoms with Crippen molar-refractivity contribution in [3.05, 3.63) is 28.2 Å². The lowest BCUT2D eigenvalue weighted by molar-refractivity contribution is -0.118. The Balaban J connectivity index is 2.46. The molecule has 0 N–H and O–H groups in total. The Hall–Kier alpha value is -1.38. The predicted molar refractivity (Wildman–Crippen MR) is 77.1 cm³/mol. The molecule has 0 aliphatic rings. The number of ether oxygens (including phenoxy) is 1. The second kappa shape index (κ2) is 7.93. The SMILES string of the molecule is COc1ccc(CCN(C)CC(=O)CC#N)cc1Br. The summed E-state index contributed by atoms with van der Waals surface area (Å²) in [5.74, 6) is 0.766. The fraction of sp³-hybridized carbons (Fsp3) is 0.429. The minimum Gasteiger partial charge on any atom is -0.496 e. The van der Waals surface area contributed by atoms with Crippen LogP contribution in [-0.2, 0) is 11.2 Å². The zero-order valence-corrected chi connectivity index (χ0v) is 12.7. The van der Waals surface area contributed by atoms with Crippen LogP contribution in [-0.4, -0.2) is 37.9 Å². The first kappa shape index (κ1) is 15.7. The second-order valence-corrected chi connectivity index (χ2v) is 5.18. The average molecular weight is 325 g/mol. The van der Waals surface area contributed by atoms with E-state index in [1.165, 1.54) is 5.56 Å². The number of nitriles is 1. The number of hydrogen-bond donors (Lipinski definition) is 0. The van der Waals surface area contributed by atoms with Gasteiger partial charge in [-0.25, -0.2) is 0 Å². The molecule has 0 fully saturated rings. The van der Waals surface area contributed by atoms with Gasteiger partial charge < -0.3 is 4.74 Å². The van der Waals surface area contributed by atoms with Gasteiger partial charge in [0.1, 0.15) is 5.75 Å². The van der Waals surface area contributed by atoms with Crippen molar-refractivity contribution in [3.8, 4) is 11.8 Å². The van der Waals surface area contributed by atoms with Crippen LogP contribution in [0, 0.1) is 11.3 Å². The Bertz CT molecular complexity index is 483. The Morgan fingerprint density at radius 1 is 1.53 bits per heavy atom. The van der Waals surface area contributed by atoms with Crippen molar-refractivity contribution in [2.45, 2.75) is 12.8 Å². The summed E-state index contributed by atoms with van der Waals surface area (Å²) < 4.78 is 6.10. The van der Waals surface area contributed by atoms with E-state index in [-0.39, 0.29) is 12.2 Å². The third kappa shape index (κ3) is 5.41. The zero-order valence-electron chi connectivity index (χ0n) is 11.1. The molecule has 0 aromatic heterocycles. The van der Waals surface area contributed by atoms with Gasteiger partial charge in [0.25, 0.3) is 0 Å². The van der Waals surface area contributed by atoms with Crippen LogP contribution in [0.15, 0.2) is 22.7 Å². The molecule has 5 heteroatoms. The van der Waals surface area contributed by atoms with E-state index in [1.807, 2.05) is 36.2 Å². The van der Waals surface area contributed by atoms with E-state index in [4.69, 9.17) is 10.00 Å². The number of likely N-dealkylation sites (N-methyl/N-ethyl adjacent to an activating group) is 1. The van der Waals surface area contributed by atoms with Crippen LogP contribution in [0.25, 0.3) is 0 Å². The molecule has 0 radical (unpaired) electrons. The second-order valence-electron chi connectivity index (χ2n) is 4.33. The highest BCUT2D eigenvalue weighted by Gasteiger charge is 2.07. The van der Waals surface area contributed by atoms with Crippen molar-refractivity contribution in [2.24, 2.45) is 0 Å². The smallest absolute Gasteiger partial charge is 0.160 e. The first-order valence-electron chi connectivity index (χ1n) is 5.96. The number of carbonyl (C=O) groups excluding carboxylic acids is 1. The number of rotatable bonds is 7. The van der Waals surface area contributed by atoms with Gasteiger partial charge >= 0.3 is 0 Å². The molecule has 0 spiro atoms. The highest BCUT2D eigenvalue weighted by atomic mass is 79.9. The summed E-state index contributed by atoms with van der Waals surface area (Å²) in [6, 6.07) is 7.81. The number of ketones is 1. The monoisotopic (exact) mass is 324 g/mol. The Kier molecular flexibility index (Phi) is 6.54. The van der Waals surface area contributed by atoms with Gasteiger partial charge in [0.05, 0.1) is 30.6 Å². The van der Waals surface area contributed by atoms with E-state index in [0.29, 0.717) is 6.54 Å². The molecule has 0 aliphatic heterocycles. The summed E-state index contributed by atoms with van der Waals surface area (Å²) in [5, 5.41) is 8.43. The van der Waals surface area contributed by atoms with E-state index >= 15 is 0 Å². The van der Waals surface area contributed by atoms with Gasteiger partial charge in [-0.3, -0.25) is 9.69 Å². The predicted octanol–water partition coefficient (Wildman–Crippen LogP) is 2.41. The van der Waals surface area contributed by atoms with Crippen LogP contribution < -0.4 is 4.74 Å². The lowest BCUT2D eigenvalue weighted by Gasteiger charge is -2.15. The quantitative estimate of drug-likeness (QED) is 0.772. The molecule has 19 heavy (non-hydrogen) atoms. The van der Waals surface area contributed by atoms with Gasteiger partial charge in [0, 0.05) is 6.54 Å². The Morgan fingerprint density at radius 2 is 2.26 bits per heavy atom. The number of Topliss-reactive ketones (excluding diaryl/α,β-unsaturated/α-hetero) is 1. The zero-order chi connectivity index (χ0) is 14.3. The van der Waals surface area contributed by atoms with Crippen LogP contribution in [0.2, 0.25) is 0 Å². The minimum absolute atomic E-state index is 0.0155. The normalized spacial score (nSPS) is 10.3. The molecule has 1 aromatic carbocycles. The topological polar surface area (TPSA) is 53.3 Å². The summed E-state index contributed by atoms with van der Waals surface area (Å²) in [6.07, 6.45) is 0.831. The third-order valence-electron chi connectivity index (χ3n) is 2.72. The highest BCUT2D eigenvalue weighted by Crippen LogP contribution is 2.25. The fourth-order valence-electron chi connectivity index (χ4n) is 1.71. The first-order valence-corrected chi connectivity index (χ1v) is 6.75. The Labute approximate surface area is 122 Å². The molecule has 4 nitrogen and oxygen atoms in total. The molecule has 0 amide bonds. The van der Waals surface area contributed by atoms with E-state index < -0.39 is 0 Å². The third-order valence-corrected chi connectivity index (χ3v) is 3.34. The van der Waals surface area contributed by atoms with Crippen LogP contribution in [0.5, 0.6) is 5.75 Å². The molecule has 1 aromatic rings. The van der Waals surface area contributed by atoms with Crippen LogP contribution in [0.3, 0.4) is 0 Å². The van der Waals surface area contributed by atoms with Crippen molar-refractivity contribution in [2.75, 3.05) is 27.2 Å². The van der Waals surface area contributed by atoms with Gasteiger partial charge in [0.15, 0.2) is 5.78 Å². The summed E-state index contributed by atoms with van der Waals surface area (Å²) in [5.41, 5.74) is 1.17. The van der Waals surface area contributed by atoms with E-state index in [1.54, 1.807) is 7.11 Å². The molecular formula is C14H17BrN2O2. The average Bonchev–Trinajstić information content (AvgIpc) is 2.36. The summed E-state index contributed by atoms with van der Waals surface area (Å²) in [4.78, 5) is 13.2. The van der Waals surface area contributed by atoms with Gasteiger partial charge in [-0.05, 0) is 47.1 Å². The first-order chi connectivity index (χ1) is 9.06. The van der Waals surface area contributed by atoms with Gasteiger partial charge in [-0.1, -0.05) is 6.07 Å². The largest absolute Gasteiger partial charge is 0.496 e. The van der Waals surface area contributed by atoms with Crippen LogP contribution >= 0.6 is 15.9 Å².